The average molecular weight is 306 g/mol. The molecule has 22 heavy (non-hydrogen) atoms. The van der Waals surface area contributed by atoms with Gasteiger partial charge >= 0.3 is 11.9 Å². The van der Waals surface area contributed by atoms with E-state index in [2.05, 4.69) is 0 Å². The monoisotopic (exact) mass is 306 g/mol. The number of carbonyl (C=O) groups is 2. The van der Waals surface area contributed by atoms with Gasteiger partial charge in [0.25, 0.3) is 0 Å². The first-order chi connectivity index (χ1) is 10.6. The average Bonchev–Trinajstić information content (AvgIpc) is 3.32. The van der Waals surface area contributed by atoms with Gasteiger partial charge in [-0.05, 0) is 23.5 Å². The highest BCUT2D eigenvalue weighted by molar-refractivity contribution is 5.69. The predicted molar refractivity (Wildman–Crippen MR) is 79.6 cm³/mol. The minimum Gasteiger partial charge on any atom is -0.461 e. The summed E-state index contributed by atoms with van der Waals surface area (Å²) in [6.07, 6.45) is 3.87. The molecule has 0 aliphatic heterocycles. The van der Waals surface area contributed by atoms with Crippen molar-refractivity contribution in [3.05, 3.63) is 35.4 Å². The Kier molecular flexibility index (Phi) is 6.40. The molecule has 5 heteroatoms. The number of hydrogen-bond acceptors (Lipinski definition) is 5. The van der Waals surface area contributed by atoms with Crippen LogP contribution in [0, 0.1) is 5.92 Å². The van der Waals surface area contributed by atoms with E-state index in [0.717, 1.165) is 23.5 Å². The molecule has 0 atom stereocenters. The largest absolute Gasteiger partial charge is 0.461 e. The molecule has 0 aromatic heterocycles. The molecule has 2 rings (SSSR count). The zero-order valence-corrected chi connectivity index (χ0v) is 12.9. The molecule has 0 heterocycles. The Morgan fingerprint density at radius 1 is 1.09 bits per heavy atom. The molecule has 1 saturated carbocycles. The van der Waals surface area contributed by atoms with Crippen LogP contribution in [-0.2, 0) is 37.0 Å². The second kappa shape index (κ2) is 8.54. The van der Waals surface area contributed by atoms with Gasteiger partial charge in [0.1, 0.15) is 6.61 Å². The molecule has 0 N–H and O–H groups in total. The fourth-order valence-electron chi connectivity index (χ4n) is 2.08. The molecular formula is C17H22O5. The minimum absolute atomic E-state index is 0.0502. The van der Waals surface area contributed by atoms with E-state index in [1.807, 2.05) is 24.3 Å². The summed E-state index contributed by atoms with van der Waals surface area (Å²) in [5, 5.41) is 0. The van der Waals surface area contributed by atoms with Crippen LogP contribution in [0.3, 0.4) is 0 Å². The summed E-state index contributed by atoms with van der Waals surface area (Å²) < 4.78 is 15.4. The summed E-state index contributed by atoms with van der Waals surface area (Å²) in [5.41, 5.74) is 1.80. The van der Waals surface area contributed by atoms with Gasteiger partial charge in [-0.1, -0.05) is 37.1 Å². The van der Waals surface area contributed by atoms with E-state index in [1.165, 1.54) is 19.8 Å². The first kappa shape index (κ1) is 16.5. The zero-order chi connectivity index (χ0) is 15.8. The van der Waals surface area contributed by atoms with Crippen LogP contribution in [0.25, 0.3) is 0 Å². The molecule has 5 nitrogen and oxygen atoms in total. The normalized spacial score (nSPS) is 13.7. The Balaban J connectivity index is 1.67. The highest BCUT2D eigenvalue weighted by Gasteiger charge is 2.22. The number of carbonyl (C=O) groups excluding carboxylic acids is 2. The Labute approximate surface area is 130 Å². The topological polar surface area (TPSA) is 61.8 Å². The molecule has 0 bridgehead atoms. The van der Waals surface area contributed by atoms with Crippen molar-refractivity contribution in [1.82, 2.24) is 0 Å². The van der Waals surface area contributed by atoms with Crippen molar-refractivity contribution in [2.75, 3.05) is 6.79 Å². The predicted octanol–water partition coefficient (Wildman–Crippen LogP) is 2.96. The van der Waals surface area contributed by atoms with Crippen LogP contribution in [-0.4, -0.2) is 18.7 Å². The van der Waals surface area contributed by atoms with Crippen LogP contribution in [0.1, 0.15) is 43.7 Å². The van der Waals surface area contributed by atoms with Crippen LogP contribution < -0.4 is 0 Å². The van der Waals surface area contributed by atoms with Crippen molar-refractivity contribution in [1.29, 1.82) is 0 Å². The maximum Gasteiger partial charge on any atom is 0.307 e. The smallest absolute Gasteiger partial charge is 0.307 e. The lowest BCUT2D eigenvalue weighted by Crippen LogP contribution is -2.09. The van der Waals surface area contributed by atoms with Crippen molar-refractivity contribution in [3.63, 3.8) is 0 Å². The lowest BCUT2D eigenvalue weighted by Gasteiger charge is -2.10. The maximum absolute atomic E-state index is 11.5. The Morgan fingerprint density at radius 3 is 2.41 bits per heavy atom. The molecule has 0 amide bonds. The standard InChI is InChI=1S/C17H22O5/c1-13(18)21-11-16-5-3-2-4-15(16)10-20-12-22-17(19)9-8-14-6-7-14/h2-5,14H,6-12H2,1H3. The molecule has 1 aromatic rings. The molecule has 1 aliphatic rings. The fourth-order valence-corrected chi connectivity index (χ4v) is 2.08. The molecule has 1 aliphatic carbocycles. The highest BCUT2D eigenvalue weighted by Crippen LogP contribution is 2.33. The van der Waals surface area contributed by atoms with Gasteiger partial charge in [-0.3, -0.25) is 9.59 Å². The van der Waals surface area contributed by atoms with Gasteiger partial charge in [-0.15, -0.1) is 0 Å². The van der Waals surface area contributed by atoms with E-state index in [0.29, 0.717) is 13.0 Å². The van der Waals surface area contributed by atoms with Gasteiger partial charge in [0.15, 0.2) is 6.79 Å². The summed E-state index contributed by atoms with van der Waals surface area (Å²) in [6.45, 7) is 1.86. The van der Waals surface area contributed by atoms with E-state index >= 15 is 0 Å². The quantitative estimate of drug-likeness (QED) is 0.399. The van der Waals surface area contributed by atoms with Crippen LogP contribution >= 0.6 is 0 Å². The lowest BCUT2D eigenvalue weighted by atomic mass is 10.1. The van der Waals surface area contributed by atoms with Gasteiger partial charge in [0.2, 0.25) is 0 Å². The lowest BCUT2D eigenvalue weighted by molar-refractivity contribution is -0.157. The highest BCUT2D eigenvalue weighted by atomic mass is 16.7. The molecule has 0 saturated heterocycles. The van der Waals surface area contributed by atoms with Gasteiger partial charge in [-0.2, -0.15) is 0 Å². The molecule has 0 spiro atoms. The molecule has 0 unspecified atom stereocenters. The number of hydrogen-bond donors (Lipinski definition) is 0. The van der Waals surface area contributed by atoms with E-state index in [4.69, 9.17) is 14.2 Å². The Hall–Kier alpha value is -1.88. The Bertz CT molecular complexity index is 508. The van der Waals surface area contributed by atoms with E-state index < -0.39 is 0 Å². The van der Waals surface area contributed by atoms with Crippen molar-refractivity contribution in [2.45, 2.75) is 45.8 Å². The zero-order valence-electron chi connectivity index (χ0n) is 12.9. The molecule has 1 aromatic carbocycles. The minimum atomic E-state index is -0.319. The third-order valence-corrected chi connectivity index (χ3v) is 3.56. The van der Waals surface area contributed by atoms with Gasteiger partial charge in [0.05, 0.1) is 6.61 Å². The molecular weight excluding hydrogens is 284 g/mol. The number of benzene rings is 1. The van der Waals surface area contributed by atoms with Gasteiger partial charge in [0, 0.05) is 13.3 Å². The maximum atomic E-state index is 11.5. The fraction of sp³-hybridized carbons (Fsp3) is 0.529. The van der Waals surface area contributed by atoms with Crippen LogP contribution in [0.2, 0.25) is 0 Å². The van der Waals surface area contributed by atoms with Crippen molar-refractivity contribution >= 4 is 11.9 Å². The summed E-state index contributed by atoms with van der Waals surface area (Å²) in [6, 6.07) is 7.54. The third-order valence-electron chi connectivity index (χ3n) is 3.56. The van der Waals surface area contributed by atoms with E-state index in [9.17, 15) is 9.59 Å². The van der Waals surface area contributed by atoms with E-state index in [1.54, 1.807) is 0 Å². The first-order valence-corrected chi connectivity index (χ1v) is 7.58. The SMILES string of the molecule is CC(=O)OCc1ccccc1COCOC(=O)CCC1CC1. The van der Waals surface area contributed by atoms with Crippen molar-refractivity contribution < 1.29 is 23.8 Å². The van der Waals surface area contributed by atoms with Crippen LogP contribution in [0.5, 0.6) is 0 Å². The summed E-state index contributed by atoms with van der Waals surface area (Å²) in [4.78, 5) is 22.3. The second-order valence-corrected chi connectivity index (χ2v) is 5.51. The summed E-state index contributed by atoms with van der Waals surface area (Å²) >= 11 is 0. The molecule has 0 radical (unpaired) electrons. The number of rotatable bonds is 9. The first-order valence-electron chi connectivity index (χ1n) is 7.58. The molecule has 1 fully saturated rings. The van der Waals surface area contributed by atoms with Crippen LogP contribution in [0.15, 0.2) is 24.3 Å². The third kappa shape index (κ3) is 6.26. The summed E-state index contributed by atoms with van der Waals surface area (Å²) in [5.74, 6) is 0.196. The van der Waals surface area contributed by atoms with E-state index in [-0.39, 0.29) is 25.3 Å². The van der Waals surface area contributed by atoms with Gasteiger partial charge < -0.3 is 14.2 Å². The number of ether oxygens (including phenoxy) is 3. The summed E-state index contributed by atoms with van der Waals surface area (Å²) in [7, 11) is 0. The van der Waals surface area contributed by atoms with Crippen LogP contribution in [0.4, 0.5) is 0 Å². The Morgan fingerprint density at radius 2 is 1.77 bits per heavy atom. The molecule has 120 valence electrons. The van der Waals surface area contributed by atoms with Crippen molar-refractivity contribution in [3.8, 4) is 0 Å². The second-order valence-electron chi connectivity index (χ2n) is 5.51. The van der Waals surface area contributed by atoms with Gasteiger partial charge in [-0.25, -0.2) is 0 Å². The number of esters is 2. The van der Waals surface area contributed by atoms with Crippen molar-refractivity contribution in [2.24, 2.45) is 5.92 Å².